The molecule has 11 heteroatoms. The lowest BCUT2D eigenvalue weighted by atomic mass is 10.00. The van der Waals surface area contributed by atoms with E-state index >= 15 is 0 Å². The zero-order valence-corrected chi connectivity index (χ0v) is 19.3. The number of hydrogen-bond acceptors (Lipinski definition) is 6. The van der Waals surface area contributed by atoms with Crippen molar-refractivity contribution < 1.29 is 23.4 Å². The number of rotatable bonds is 4. The number of halogens is 3. The Hall–Kier alpha value is -3.50. The predicted molar refractivity (Wildman–Crippen MR) is 127 cm³/mol. The molecule has 0 spiro atoms. The molecule has 1 fully saturated rings. The highest BCUT2D eigenvalue weighted by molar-refractivity contribution is 6.35. The first-order valence-electron chi connectivity index (χ1n) is 11.0. The van der Waals surface area contributed by atoms with Crippen LogP contribution in [0.25, 0.3) is 22.0 Å². The van der Waals surface area contributed by atoms with Gasteiger partial charge < -0.3 is 19.6 Å². The number of carbonyl (C=O) groups is 1. The average Bonchev–Trinajstić information content (AvgIpc) is 2.86. The van der Waals surface area contributed by atoms with Gasteiger partial charge in [0.15, 0.2) is 5.75 Å². The summed E-state index contributed by atoms with van der Waals surface area (Å²) in [7, 11) is 0. The van der Waals surface area contributed by atoms with Crippen LogP contribution in [0.5, 0.6) is 5.75 Å². The Morgan fingerprint density at radius 2 is 2.09 bits per heavy atom. The van der Waals surface area contributed by atoms with E-state index in [1.165, 1.54) is 16.7 Å². The lowest BCUT2D eigenvalue weighted by Gasteiger charge is -2.41. The summed E-state index contributed by atoms with van der Waals surface area (Å²) in [4.78, 5) is 32.8. The molecule has 3 heterocycles. The maximum Gasteiger partial charge on any atom is 0.350 e. The minimum absolute atomic E-state index is 0.0392. The largest absolute Gasteiger partial charge is 0.489 e. The molecule has 1 atom stereocenters. The van der Waals surface area contributed by atoms with Gasteiger partial charge in [-0.05, 0) is 24.3 Å². The normalized spacial score (nSPS) is 17.4. The standard InChI is InChI=1S/C24H21ClF2N4O4/c1-2-19(33)29-5-6-30(14(11-29)12-32)23-16-10-17(25)20(15-4-3-13(26)9-18(15)27)22-21(16)31(7-8-35-22)24(34)28-23/h2-4,9-10,14,32H,1,5-8,11-12H2/t14-/m1/s1. The molecule has 35 heavy (non-hydrogen) atoms. The third-order valence-corrected chi connectivity index (χ3v) is 6.66. The number of benzene rings is 2. The van der Waals surface area contributed by atoms with Crippen LogP contribution in [-0.4, -0.2) is 64.4 Å². The van der Waals surface area contributed by atoms with Gasteiger partial charge in [0.1, 0.15) is 24.1 Å². The van der Waals surface area contributed by atoms with Gasteiger partial charge in [0.05, 0.1) is 29.7 Å². The number of amides is 1. The van der Waals surface area contributed by atoms with Gasteiger partial charge in [0.25, 0.3) is 0 Å². The Labute approximate surface area is 203 Å². The zero-order chi connectivity index (χ0) is 24.9. The number of aromatic nitrogens is 2. The number of aliphatic hydroxyl groups is 1. The van der Waals surface area contributed by atoms with Gasteiger partial charge in [-0.25, -0.2) is 13.6 Å². The summed E-state index contributed by atoms with van der Waals surface area (Å²) < 4.78 is 35.6. The van der Waals surface area contributed by atoms with E-state index in [1.54, 1.807) is 15.9 Å². The SMILES string of the molecule is C=CC(=O)N1CCN(c2nc(=O)n3c4c(c(-c5ccc(F)cc5F)c(Cl)cc24)OCC3)[C@@H](CO)C1. The molecule has 1 aromatic heterocycles. The molecule has 0 saturated carbocycles. The minimum Gasteiger partial charge on any atom is -0.489 e. The minimum atomic E-state index is -0.816. The van der Waals surface area contributed by atoms with Gasteiger partial charge in [-0.2, -0.15) is 4.98 Å². The Morgan fingerprint density at radius 1 is 1.29 bits per heavy atom. The van der Waals surface area contributed by atoms with Gasteiger partial charge in [0.2, 0.25) is 5.91 Å². The molecule has 3 aromatic rings. The molecule has 2 aromatic carbocycles. The number of piperazine rings is 1. The van der Waals surface area contributed by atoms with Crippen molar-refractivity contribution >= 4 is 34.2 Å². The lowest BCUT2D eigenvalue weighted by Crippen LogP contribution is -2.56. The van der Waals surface area contributed by atoms with Crippen molar-refractivity contribution in [3.8, 4) is 16.9 Å². The zero-order valence-electron chi connectivity index (χ0n) is 18.5. The summed E-state index contributed by atoms with van der Waals surface area (Å²) in [6.07, 6.45) is 1.21. The van der Waals surface area contributed by atoms with E-state index in [4.69, 9.17) is 16.3 Å². The maximum absolute atomic E-state index is 14.7. The van der Waals surface area contributed by atoms with Crippen LogP contribution in [0.2, 0.25) is 5.02 Å². The molecule has 0 bridgehead atoms. The third kappa shape index (κ3) is 3.82. The molecule has 1 saturated heterocycles. The van der Waals surface area contributed by atoms with E-state index in [2.05, 4.69) is 11.6 Å². The maximum atomic E-state index is 14.7. The van der Waals surface area contributed by atoms with Crippen molar-refractivity contribution in [1.29, 1.82) is 0 Å². The Bertz CT molecular complexity index is 1430. The molecule has 2 aliphatic heterocycles. The summed E-state index contributed by atoms with van der Waals surface area (Å²) in [5, 5.41) is 10.7. The fraction of sp³-hybridized carbons (Fsp3) is 0.292. The Morgan fingerprint density at radius 3 is 2.80 bits per heavy atom. The summed E-state index contributed by atoms with van der Waals surface area (Å²) >= 11 is 6.63. The Balaban J connectivity index is 1.72. The van der Waals surface area contributed by atoms with E-state index < -0.39 is 23.4 Å². The molecule has 1 amide bonds. The molecular weight excluding hydrogens is 482 g/mol. The van der Waals surface area contributed by atoms with Crippen molar-refractivity contribution in [1.82, 2.24) is 14.5 Å². The first-order chi connectivity index (χ1) is 16.8. The van der Waals surface area contributed by atoms with E-state index in [-0.39, 0.29) is 59.9 Å². The van der Waals surface area contributed by atoms with Crippen LogP contribution >= 0.6 is 11.6 Å². The molecule has 0 unspecified atom stereocenters. The molecule has 0 radical (unpaired) electrons. The number of nitrogens with zero attached hydrogens (tertiary/aromatic N) is 4. The highest BCUT2D eigenvalue weighted by Gasteiger charge is 2.33. The van der Waals surface area contributed by atoms with Crippen LogP contribution in [0.3, 0.4) is 0 Å². The van der Waals surface area contributed by atoms with Crippen molar-refractivity contribution in [2.45, 2.75) is 12.6 Å². The fourth-order valence-corrected chi connectivity index (χ4v) is 5.03. The van der Waals surface area contributed by atoms with Crippen LogP contribution in [0.15, 0.2) is 41.7 Å². The van der Waals surface area contributed by atoms with Crippen LogP contribution < -0.4 is 15.3 Å². The highest BCUT2D eigenvalue weighted by Crippen LogP contribution is 2.46. The summed E-state index contributed by atoms with van der Waals surface area (Å²) in [5.41, 5.74) is 0.0981. The van der Waals surface area contributed by atoms with Gasteiger partial charge >= 0.3 is 5.69 Å². The van der Waals surface area contributed by atoms with Crippen LogP contribution in [0, 0.1) is 11.6 Å². The monoisotopic (exact) mass is 502 g/mol. The van der Waals surface area contributed by atoms with Crippen molar-refractivity contribution in [2.75, 3.05) is 37.7 Å². The van der Waals surface area contributed by atoms with E-state index in [1.807, 2.05) is 0 Å². The number of anilines is 1. The van der Waals surface area contributed by atoms with Crippen molar-refractivity contribution in [2.24, 2.45) is 0 Å². The predicted octanol–water partition coefficient (Wildman–Crippen LogP) is 2.58. The number of hydrogen-bond donors (Lipinski definition) is 1. The first-order valence-corrected chi connectivity index (χ1v) is 11.4. The second kappa shape index (κ2) is 8.94. The topological polar surface area (TPSA) is 87.9 Å². The lowest BCUT2D eigenvalue weighted by molar-refractivity contribution is -0.126. The molecular formula is C24H21ClF2N4O4. The molecule has 182 valence electrons. The van der Waals surface area contributed by atoms with Crippen LogP contribution in [0.4, 0.5) is 14.6 Å². The molecule has 1 N–H and O–H groups in total. The summed E-state index contributed by atoms with van der Waals surface area (Å²) in [5.74, 6) is -1.32. The van der Waals surface area contributed by atoms with Gasteiger partial charge in [-0.3, -0.25) is 9.36 Å². The van der Waals surface area contributed by atoms with Gasteiger partial charge in [-0.15, -0.1) is 0 Å². The molecule has 5 rings (SSSR count). The fourth-order valence-electron chi connectivity index (χ4n) is 4.73. The Kier molecular flexibility index (Phi) is 5.94. The number of ether oxygens (including phenoxy) is 1. The van der Waals surface area contributed by atoms with Gasteiger partial charge in [0, 0.05) is 42.2 Å². The molecule has 8 nitrogen and oxygen atoms in total. The summed E-state index contributed by atoms with van der Waals surface area (Å²) in [6.45, 7) is 4.44. The number of carbonyl (C=O) groups excluding carboxylic acids is 1. The quantitative estimate of drug-likeness (QED) is 0.552. The van der Waals surface area contributed by atoms with Crippen molar-refractivity contribution in [3.63, 3.8) is 0 Å². The molecule has 0 aliphatic carbocycles. The van der Waals surface area contributed by atoms with Crippen molar-refractivity contribution in [3.05, 3.63) is 64.1 Å². The summed E-state index contributed by atoms with van der Waals surface area (Å²) in [6, 6.07) is 4.19. The number of aliphatic hydroxyl groups excluding tert-OH is 1. The van der Waals surface area contributed by atoms with Crippen LogP contribution in [0.1, 0.15) is 0 Å². The third-order valence-electron chi connectivity index (χ3n) is 6.36. The van der Waals surface area contributed by atoms with Gasteiger partial charge in [-0.1, -0.05) is 18.2 Å². The molecule has 2 aliphatic rings. The van der Waals surface area contributed by atoms with E-state index in [9.17, 15) is 23.5 Å². The van der Waals surface area contributed by atoms with E-state index in [0.717, 1.165) is 12.1 Å². The first kappa shape index (κ1) is 23.3. The van der Waals surface area contributed by atoms with Crippen LogP contribution in [-0.2, 0) is 11.3 Å². The average molecular weight is 503 g/mol. The second-order valence-corrected chi connectivity index (χ2v) is 8.73. The highest BCUT2D eigenvalue weighted by atomic mass is 35.5. The second-order valence-electron chi connectivity index (χ2n) is 8.32. The van der Waals surface area contributed by atoms with E-state index in [0.29, 0.717) is 24.0 Å². The smallest absolute Gasteiger partial charge is 0.350 e.